The van der Waals surface area contributed by atoms with Crippen molar-refractivity contribution in [3.63, 3.8) is 0 Å². The summed E-state index contributed by atoms with van der Waals surface area (Å²) in [5.41, 5.74) is 2.73. The van der Waals surface area contributed by atoms with Crippen LogP contribution >= 0.6 is 31.9 Å². The zero-order valence-corrected chi connectivity index (χ0v) is 12.6. The number of hydrogen-bond donors (Lipinski definition) is 0. The van der Waals surface area contributed by atoms with Crippen LogP contribution in [0.1, 0.15) is 22.4 Å². The first kappa shape index (κ1) is 12.8. The maximum atomic E-state index is 3.75. The largest absolute Gasteiger partial charge is 0.0839 e. The maximum Gasteiger partial charge on any atom is 0.0398 e. The molecular formula is C15H14Br2. The molecule has 0 N–H and O–H groups in total. The Labute approximate surface area is 119 Å². The average molecular weight is 354 g/mol. The summed E-state index contributed by atoms with van der Waals surface area (Å²) in [7, 11) is 0. The number of rotatable bonds is 4. The SMILES string of the molecule is Brc1ccc(CCC(Br)c2ccccc2)cc1. The second-order valence-electron chi connectivity index (χ2n) is 4.04. The van der Waals surface area contributed by atoms with E-state index in [-0.39, 0.29) is 0 Å². The minimum absolute atomic E-state index is 0.437. The fourth-order valence-corrected chi connectivity index (χ4v) is 2.57. The summed E-state index contributed by atoms with van der Waals surface area (Å²) in [4.78, 5) is 0.437. The zero-order chi connectivity index (χ0) is 12.1. The molecule has 2 aromatic rings. The fraction of sp³-hybridized carbons (Fsp3) is 0.200. The Hall–Kier alpha value is -0.600. The van der Waals surface area contributed by atoms with Gasteiger partial charge >= 0.3 is 0 Å². The quantitative estimate of drug-likeness (QED) is 0.635. The van der Waals surface area contributed by atoms with Crippen molar-refractivity contribution < 1.29 is 0 Å². The molecule has 0 aromatic heterocycles. The van der Waals surface area contributed by atoms with Gasteiger partial charge in [-0.15, -0.1) is 0 Å². The van der Waals surface area contributed by atoms with Gasteiger partial charge in [-0.2, -0.15) is 0 Å². The normalized spacial score (nSPS) is 12.4. The molecule has 2 rings (SSSR count). The van der Waals surface area contributed by atoms with E-state index < -0.39 is 0 Å². The van der Waals surface area contributed by atoms with Gasteiger partial charge in [0, 0.05) is 9.30 Å². The van der Waals surface area contributed by atoms with E-state index in [4.69, 9.17) is 0 Å². The molecule has 2 heteroatoms. The number of alkyl halides is 1. The lowest BCUT2D eigenvalue weighted by molar-refractivity contribution is 0.813. The first-order chi connectivity index (χ1) is 8.25. The highest BCUT2D eigenvalue weighted by molar-refractivity contribution is 9.10. The van der Waals surface area contributed by atoms with Crippen molar-refractivity contribution in [1.82, 2.24) is 0 Å². The molecule has 17 heavy (non-hydrogen) atoms. The van der Waals surface area contributed by atoms with Crippen molar-refractivity contribution in [1.29, 1.82) is 0 Å². The summed E-state index contributed by atoms with van der Waals surface area (Å²) < 4.78 is 1.14. The van der Waals surface area contributed by atoms with Gasteiger partial charge < -0.3 is 0 Å². The van der Waals surface area contributed by atoms with Crippen LogP contribution in [-0.4, -0.2) is 0 Å². The van der Waals surface area contributed by atoms with E-state index in [1.54, 1.807) is 0 Å². The molecule has 0 saturated carbocycles. The first-order valence-electron chi connectivity index (χ1n) is 5.69. The summed E-state index contributed by atoms with van der Waals surface area (Å²) >= 11 is 7.20. The van der Waals surface area contributed by atoms with Gasteiger partial charge in [0.15, 0.2) is 0 Å². The Kier molecular flexibility index (Phi) is 4.81. The molecule has 1 atom stereocenters. The highest BCUT2D eigenvalue weighted by Gasteiger charge is 2.06. The molecule has 0 saturated heterocycles. The smallest absolute Gasteiger partial charge is 0.0398 e. The molecule has 0 fully saturated rings. The summed E-state index contributed by atoms with van der Waals surface area (Å²) in [5, 5.41) is 0. The molecule has 88 valence electrons. The van der Waals surface area contributed by atoms with Gasteiger partial charge in [0.2, 0.25) is 0 Å². The number of hydrogen-bond acceptors (Lipinski definition) is 0. The molecule has 1 unspecified atom stereocenters. The van der Waals surface area contributed by atoms with Crippen LogP contribution in [0.3, 0.4) is 0 Å². The molecule has 0 spiro atoms. The van der Waals surface area contributed by atoms with Crippen LogP contribution in [0.5, 0.6) is 0 Å². The van der Waals surface area contributed by atoms with Crippen molar-refractivity contribution in [2.75, 3.05) is 0 Å². The predicted octanol–water partition coefficient (Wildman–Crippen LogP) is 5.52. The van der Waals surface area contributed by atoms with Crippen LogP contribution in [0.4, 0.5) is 0 Å². The molecule has 0 aliphatic heterocycles. The highest BCUT2D eigenvalue weighted by Crippen LogP contribution is 2.27. The molecule has 0 heterocycles. The highest BCUT2D eigenvalue weighted by atomic mass is 79.9. The minimum atomic E-state index is 0.437. The summed E-state index contributed by atoms with van der Waals surface area (Å²) in [6.07, 6.45) is 2.21. The number of aryl methyl sites for hydroxylation is 1. The topological polar surface area (TPSA) is 0 Å². The standard InChI is InChI=1S/C15H14Br2/c16-14-9-6-12(7-10-14)8-11-15(17)13-4-2-1-3-5-13/h1-7,9-10,15H,8,11H2. The third kappa shape index (κ3) is 3.97. The van der Waals surface area contributed by atoms with Gasteiger partial charge in [-0.25, -0.2) is 0 Å². The second-order valence-corrected chi connectivity index (χ2v) is 6.06. The monoisotopic (exact) mass is 352 g/mol. The van der Waals surface area contributed by atoms with Crippen LogP contribution in [0, 0.1) is 0 Å². The minimum Gasteiger partial charge on any atom is -0.0839 e. The lowest BCUT2D eigenvalue weighted by atomic mass is 10.0. The molecular weight excluding hydrogens is 340 g/mol. The fourth-order valence-electron chi connectivity index (χ4n) is 1.77. The summed E-state index contributed by atoms with van der Waals surface area (Å²) in [6.45, 7) is 0. The van der Waals surface area contributed by atoms with Gasteiger partial charge in [-0.1, -0.05) is 74.3 Å². The van der Waals surface area contributed by atoms with Gasteiger partial charge in [-0.3, -0.25) is 0 Å². The molecule has 0 aliphatic rings. The van der Waals surface area contributed by atoms with Crippen molar-refractivity contribution in [3.05, 3.63) is 70.2 Å². The van der Waals surface area contributed by atoms with Gasteiger partial charge in [0.1, 0.15) is 0 Å². The molecule has 0 aliphatic carbocycles. The lowest BCUT2D eigenvalue weighted by Crippen LogP contribution is -1.93. The predicted molar refractivity (Wildman–Crippen MR) is 80.6 cm³/mol. The van der Waals surface area contributed by atoms with E-state index in [0.29, 0.717) is 4.83 Å². The van der Waals surface area contributed by atoms with Crippen LogP contribution < -0.4 is 0 Å². The van der Waals surface area contributed by atoms with Crippen molar-refractivity contribution in [2.45, 2.75) is 17.7 Å². The van der Waals surface area contributed by atoms with Crippen LogP contribution in [-0.2, 0) is 6.42 Å². The third-order valence-corrected chi connectivity index (χ3v) is 4.28. The van der Waals surface area contributed by atoms with E-state index in [2.05, 4.69) is 86.5 Å². The van der Waals surface area contributed by atoms with Crippen LogP contribution in [0.25, 0.3) is 0 Å². The molecule has 0 bridgehead atoms. The summed E-state index contributed by atoms with van der Waals surface area (Å²) in [6, 6.07) is 19.1. The Morgan fingerprint density at radius 3 is 2.18 bits per heavy atom. The van der Waals surface area contributed by atoms with Gasteiger partial charge in [0.25, 0.3) is 0 Å². The molecule has 0 amide bonds. The molecule has 0 nitrogen and oxygen atoms in total. The summed E-state index contributed by atoms with van der Waals surface area (Å²) in [5.74, 6) is 0. The maximum absolute atomic E-state index is 3.75. The number of benzene rings is 2. The van der Waals surface area contributed by atoms with Gasteiger partial charge in [0.05, 0.1) is 0 Å². The van der Waals surface area contributed by atoms with E-state index in [1.807, 2.05) is 0 Å². The Morgan fingerprint density at radius 2 is 1.53 bits per heavy atom. The van der Waals surface area contributed by atoms with E-state index in [9.17, 15) is 0 Å². The molecule has 0 radical (unpaired) electrons. The second kappa shape index (κ2) is 6.36. The average Bonchev–Trinajstić information content (AvgIpc) is 2.39. The van der Waals surface area contributed by atoms with Crippen LogP contribution in [0.15, 0.2) is 59.1 Å². The van der Waals surface area contributed by atoms with Gasteiger partial charge in [-0.05, 0) is 36.1 Å². The zero-order valence-electron chi connectivity index (χ0n) is 9.44. The lowest BCUT2D eigenvalue weighted by Gasteiger charge is -2.10. The van der Waals surface area contributed by atoms with E-state index in [0.717, 1.165) is 17.3 Å². The first-order valence-corrected chi connectivity index (χ1v) is 7.40. The van der Waals surface area contributed by atoms with Crippen molar-refractivity contribution in [3.8, 4) is 0 Å². The Balaban J connectivity index is 1.92. The Bertz CT molecular complexity index is 448. The molecule has 2 aromatic carbocycles. The van der Waals surface area contributed by atoms with Crippen LogP contribution in [0.2, 0.25) is 0 Å². The van der Waals surface area contributed by atoms with Crippen molar-refractivity contribution in [2.24, 2.45) is 0 Å². The number of halogens is 2. The Morgan fingerprint density at radius 1 is 0.882 bits per heavy atom. The van der Waals surface area contributed by atoms with E-state index >= 15 is 0 Å². The van der Waals surface area contributed by atoms with Crippen molar-refractivity contribution >= 4 is 31.9 Å². The third-order valence-electron chi connectivity index (χ3n) is 2.76. The van der Waals surface area contributed by atoms with E-state index in [1.165, 1.54) is 11.1 Å².